The zero-order chi connectivity index (χ0) is 13.9. The summed E-state index contributed by atoms with van der Waals surface area (Å²) in [6, 6.07) is 7.63. The maximum absolute atomic E-state index is 8.98. The van der Waals surface area contributed by atoms with Crippen LogP contribution in [-0.4, -0.2) is 34.7 Å². The van der Waals surface area contributed by atoms with Gasteiger partial charge in [-0.2, -0.15) is 5.26 Å². The van der Waals surface area contributed by atoms with Crippen LogP contribution in [-0.2, 0) is 4.74 Å². The van der Waals surface area contributed by atoms with Gasteiger partial charge in [-0.05, 0) is 12.1 Å². The highest BCUT2D eigenvalue weighted by atomic mass is 16.5. The molecular formula is C14H15N5O. The number of nitriles is 1. The van der Waals surface area contributed by atoms with E-state index in [4.69, 9.17) is 10.00 Å². The standard InChI is InChI=1S/C14H15N5O/c1-20-11-7-12(14-16-5-6-17-14)19(9-11)13-4-2-3-10(8-15)18-13/h2-6,11-12H,7,9H2,1H3,(H,16,17)/t11-,12?/m1/s1. The molecule has 2 aromatic rings. The molecule has 20 heavy (non-hydrogen) atoms. The molecule has 3 heterocycles. The number of hydrogen-bond acceptors (Lipinski definition) is 5. The summed E-state index contributed by atoms with van der Waals surface area (Å²) in [5, 5.41) is 8.98. The monoisotopic (exact) mass is 269 g/mol. The van der Waals surface area contributed by atoms with Crippen molar-refractivity contribution in [1.29, 1.82) is 5.26 Å². The van der Waals surface area contributed by atoms with Gasteiger partial charge in [0.15, 0.2) is 0 Å². The lowest BCUT2D eigenvalue weighted by atomic mass is 10.2. The molecule has 1 unspecified atom stereocenters. The lowest BCUT2D eigenvalue weighted by Crippen LogP contribution is -2.26. The molecule has 1 aliphatic rings. The maximum Gasteiger partial charge on any atom is 0.142 e. The Balaban J connectivity index is 1.94. The van der Waals surface area contributed by atoms with Crippen molar-refractivity contribution >= 4 is 5.82 Å². The average molecular weight is 269 g/mol. The van der Waals surface area contributed by atoms with Crippen LogP contribution in [0.2, 0.25) is 0 Å². The van der Waals surface area contributed by atoms with Crippen LogP contribution >= 0.6 is 0 Å². The number of aromatic nitrogens is 3. The first-order chi connectivity index (χ1) is 9.81. The van der Waals surface area contributed by atoms with Crippen molar-refractivity contribution in [2.75, 3.05) is 18.6 Å². The number of anilines is 1. The Bertz CT molecular complexity index is 619. The van der Waals surface area contributed by atoms with Gasteiger partial charge in [-0.3, -0.25) is 0 Å². The lowest BCUT2D eigenvalue weighted by Gasteiger charge is -2.23. The van der Waals surface area contributed by atoms with Crippen molar-refractivity contribution in [3.05, 3.63) is 42.1 Å². The summed E-state index contributed by atoms with van der Waals surface area (Å²) in [5.41, 5.74) is 0.418. The first-order valence-corrected chi connectivity index (χ1v) is 6.47. The number of imidazole rings is 1. The Kier molecular flexibility index (Phi) is 3.35. The second kappa shape index (κ2) is 5.31. The van der Waals surface area contributed by atoms with Crippen molar-refractivity contribution in [3.8, 4) is 6.07 Å². The van der Waals surface area contributed by atoms with E-state index in [9.17, 15) is 0 Å². The number of hydrogen-bond donors (Lipinski definition) is 1. The number of H-pyrrole nitrogens is 1. The van der Waals surface area contributed by atoms with E-state index in [-0.39, 0.29) is 12.1 Å². The molecule has 1 N–H and O–H groups in total. The summed E-state index contributed by atoms with van der Waals surface area (Å²) in [6.45, 7) is 0.740. The second-order valence-electron chi connectivity index (χ2n) is 4.73. The zero-order valence-electron chi connectivity index (χ0n) is 11.2. The molecule has 3 rings (SSSR count). The van der Waals surface area contributed by atoms with Gasteiger partial charge in [0.1, 0.15) is 23.4 Å². The van der Waals surface area contributed by atoms with E-state index in [0.29, 0.717) is 5.69 Å². The van der Waals surface area contributed by atoms with Crippen molar-refractivity contribution in [3.63, 3.8) is 0 Å². The third-order valence-corrected chi connectivity index (χ3v) is 3.57. The minimum atomic E-state index is 0.0939. The molecule has 1 aliphatic heterocycles. The van der Waals surface area contributed by atoms with Gasteiger partial charge in [-0.1, -0.05) is 6.07 Å². The highest BCUT2D eigenvalue weighted by Gasteiger charge is 2.35. The molecule has 0 radical (unpaired) electrons. The van der Waals surface area contributed by atoms with Gasteiger partial charge >= 0.3 is 0 Å². The van der Waals surface area contributed by atoms with Crippen LogP contribution in [0, 0.1) is 11.3 Å². The third kappa shape index (κ3) is 2.24. The summed E-state index contributed by atoms with van der Waals surface area (Å²) < 4.78 is 5.47. The van der Waals surface area contributed by atoms with E-state index in [1.165, 1.54) is 0 Å². The summed E-state index contributed by atoms with van der Waals surface area (Å²) in [4.78, 5) is 14.0. The molecule has 2 atom stereocenters. The minimum Gasteiger partial charge on any atom is -0.380 e. The Labute approximate surface area is 117 Å². The van der Waals surface area contributed by atoms with Gasteiger partial charge in [0.05, 0.1) is 12.1 Å². The molecule has 6 nitrogen and oxygen atoms in total. The van der Waals surface area contributed by atoms with E-state index < -0.39 is 0 Å². The normalized spacial score (nSPS) is 21.9. The van der Waals surface area contributed by atoms with Gasteiger partial charge in [0.2, 0.25) is 0 Å². The van der Waals surface area contributed by atoms with Crippen LogP contribution in [0.15, 0.2) is 30.6 Å². The van der Waals surface area contributed by atoms with E-state index in [1.807, 2.05) is 18.3 Å². The van der Waals surface area contributed by atoms with Gasteiger partial charge in [0.25, 0.3) is 0 Å². The van der Waals surface area contributed by atoms with E-state index in [1.54, 1.807) is 19.4 Å². The predicted molar refractivity (Wildman–Crippen MR) is 73.0 cm³/mol. The summed E-state index contributed by atoms with van der Waals surface area (Å²) in [6.07, 6.45) is 4.54. The Morgan fingerprint density at radius 2 is 2.40 bits per heavy atom. The van der Waals surface area contributed by atoms with Gasteiger partial charge in [-0.25, -0.2) is 9.97 Å². The van der Waals surface area contributed by atoms with Gasteiger partial charge < -0.3 is 14.6 Å². The fraction of sp³-hybridized carbons (Fsp3) is 0.357. The fourth-order valence-electron chi connectivity index (χ4n) is 2.59. The van der Waals surface area contributed by atoms with Gasteiger partial charge in [-0.15, -0.1) is 0 Å². The highest BCUT2D eigenvalue weighted by Crippen LogP contribution is 2.34. The summed E-state index contributed by atoms with van der Waals surface area (Å²) in [5.74, 6) is 1.68. The smallest absolute Gasteiger partial charge is 0.142 e. The third-order valence-electron chi connectivity index (χ3n) is 3.57. The zero-order valence-corrected chi connectivity index (χ0v) is 11.2. The Morgan fingerprint density at radius 3 is 3.10 bits per heavy atom. The van der Waals surface area contributed by atoms with Crippen molar-refractivity contribution in [2.24, 2.45) is 0 Å². The van der Waals surface area contributed by atoms with Crippen LogP contribution in [0.4, 0.5) is 5.82 Å². The molecule has 0 aromatic carbocycles. The van der Waals surface area contributed by atoms with E-state index >= 15 is 0 Å². The number of nitrogens with one attached hydrogen (secondary N) is 1. The highest BCUT2D eigenvalue weighted by molar-refractivity contribution is 5.45. The minimum absolute atomic E-state index is 0.0939. The first kappa shape index (κ1) is 12.6. The Morgan fingerprint density at radius 1 is 1.50 bits per heavy atom. The molecule has 0 spiro atoms. The van der Waals surface area contributed by atoms with Gasteiger partial charge in [0, 0.05) is 32.5 Å². The molecule has 6 heteroatoms. The molecule has 0 bridgehead atoms. The summed E-state index contributed by atoms with van der Waals surface area (Å²) in [7, 11) is 1.71. The molecular weight excluding hydrogens is 254 g/mol. The number of aromatic amines is 1. The van der Waals surface area contributed by atoms with Crippen molar-refractivity contribution in [1.82, 2.24) is 15.0 Å². The largest absolute Gasteiger partial charge is 0.380 e. The quantitative estimate of drug-likeness (QED) is 0.916. The molecule has 0 saturated carbocycles. The van der Waals surface area contributed by atoms with Crippen molar-refractivity contribution < 1.29 is 4.74 Å². The Hall–Kier alpha value is -2.39. The number of ether oxygens (including phenoxy) is 1. The van der Waals surface area contributed by atoms with Crippen LogP contribution < -0.4 is 4.90 Å². The molecule has 1 fully saturated rings. The maximum atomic E-state index is 8.98. The van der Waals surface area contributed by atoms with E-state index in [2.05, 4.69) is 25.9 Å². The molecule has 1 saturated heterocycles. The number of methoxy groups -OCH3 is 1. The van der Waals surface area contributed by atoms with Crippen molar-refractivity contribution in [2.45, 2.75) is 18.6 Å². The topological polar surface area (TPSA) is 77.8 Å². The molecule has 102 valence electrons. The molecule has 2 aromatic heterocycles. The predicted octanol–water partition coefficient (Wildman–Crippen LogP) is 1.64. The van der Waals surface area contributed by atoms with Crippen LogP contribution in [0.5, 0.6) is 0 Å². The molecule has 0 amide bonds. The number of pyridine rings is 1. The fourth-order valence-corrected chi connectivity index (χ4v) is 2.59. The number of rotatable bonds is 3. The first-order valence-electron chi connectivity index (χ1n) is 6.47. The number of nitrogens with zero attached hydrogens (tertiary/aromatic N) is 4. The van der Waals surface area contributed by atoms with Crippen LogP contribution in [0.25, 0.3) is 0 Å². The van der Waals surface area contributed by atoms with Crippen LogP contribution in [0.3, 0.4) is 0 Å². The summed E-state index contributed by atoms with van der Waals surface area (Å²) >= 11 is 0. The average Bonchev–Trinajstić information content (AvgIpc) is 3.15. The lowest BCUT2D eigenvalue weighted by molar-refractivity contribution is 0.118. The van der Waals surface area contributed by atoms with E-state index in [0.717, 1.165) is 24.6 Å². The molecule has 0 aliphatic carbocycles. The van der Waals surface area contributed by atoms with Crippen LogP contribution in [0.1, 0.15) is 24.0 Å². The SMILES string of the molecule is CO[C@@H]1CC(c2ncc[nH]2)N(c2cccc(C#N)n2)C1. The second-order valence-corrected chi connectivity index (χ2v) is 4.73.